The van der Waals surface area contributed by atoms with Gasteiger partial charge in [-0.3, -0.25) is 19.0 Å². The summed E-state index contributed by atoms with van der Waals surface area (Å²) in [6, 6.07) is 4.93. The van der Waals surface area contributed by atoms with Crippen LogP contribution in [0, 0.1) is 0 Å². The Labute approximate surface area is 158 Å². The maximum absolute atomic E-state index is 12.4. The molecule has 3 aromatic rings. The number of amides is 2. The van der Waals surface area contributed by atoms with E-state index in [-0.39, 0.29) is 30.0 Å². The molecular weight excluding hydrogens is 368 g/mol. The minimum absolute atomic E-state index is 0.0949. The summed E-state index contributed by atoms with van der Waals surface area (Å²) >= 11 is 1.31. The second-order valence-corrected chi connectivity index (χ2v) is 7.36. The Balaban J connectivity index is 1.39. The molecule has 0 saturated carbocycles. The lowest BCUT2D eigenvalue weighted by Gasteiger charge is -2.32. The van der Waals surface area contributed by atoms with Crippen LogP contribution in [-0.4, -0.2) is 45.4 Å². The van der Waals surface area contributed by atoms with Gasteiger partial charge in [0.2, 0.25) is 5.91 Å². The van der Waals surface area contributed by atoms with Crippen LogP contribution in [0.5, 0.6) is 0 Å². The van der Waals surface area contributed by atoms with Crippen molar-refractivity contribution in [2.45, 2.75) is 25.4 Å². The molecule has 1 aliphatic rings. The Morgan fingerprint density at radius 2 is 2.26 bits per heavy atom. The normalized spacial score (nSPS) is 17.2. The van der Waals surface area contributed by atoms with Crippen LogP contribution < -0.4 is 10.9 Å². The molecule has 0 radical (unpaired) electrons. The standard InChI is InChI=1S/C18H18N4O4S/c23-15(10-22-11-19-13-5-8-27-16(13)18(22)25)20-12-3-1-6-21(9-12)17(24)14-4-2-7-26-14/h2,4-5,7-8,11-12H,1,3,6,9-10H2,(H,20,23). The molecule has 140 valence electrons. The van der Waals surface area contributed by atoms with Crippen LogP contribution in [-0.2, 0) is 11.3 Å². The molecule has 1 N–H and O–H groups in total. The number of likely N-dealkylation sites (tertiary alicyclic amines) is 1. The van der Waals surface area contributed by atoms with Gasteiger partial charge in [0.25, 0.3) is 11.5 Å². The zero-order chi connectivity index (χ0) is 18.8. The fourth-order valence-electron chi connectivity index (χ4n) is 3.26. The zero-order valence-electron chi connectivity index (χ0n) is 14.5. The van der Waals surface area contributed by atoms with Gasteiger partial charge in [-0.15, -0.1) is 11.3 Å². The van der Waals surface area contributed by atoms with Crippen molar-refractivity contribution < 1.29 is 14.0 Å². The minimum Gasteiger partial charge on any atom is -0.459 e. The number of furan rings is 1. The van der Waals surface area contributed by atoms with E-state index in [1.165, 1.54) is 28.5 Å². The maximum atomic E-state index is 12.4. The van der Waals surface area contributed by atoms with E-state index in [9.17, 15) is 14.4 Å². The average molecular weight is 386 g/mol. The Hall–Kier alpha value is -2.94. The van der Waals surface area contributed by atoms with Crippen LogP contribution in [0.4, 0.5) is 0 Å². The molecule has 8 nitrogen and oxygen atoms in total. The summed E-state index contributed by atoms with van der Waals surface area (Å²) in [5.74, 6) is -0.154. The maximum Gasteiger partial charge on any atom is 0.289 e. The third-order valence-electron chi connectivity index (χ3n) is 4.56. The molecule has 0 aliphatic carbocycles. The summed E-state index contributed by atoms with van der Waals surface area (Å²) in [7, 11) is 0. The van der Waals surface area contributed by atoms with Crippen LogP contribution in [0.3, 0.4) is 0 Å². The number of nitrogens with one attached hydrogen (secondary N) is 1. The highest BCUT2D eigenvalue weighted by atomic mass is 32.1. The van der Waals surface area contributed by atoms with E-state index >= 15 is 0 Å². The van der Waals surface area contributed by atoms with Gasteiger partial charge < -0.3 is 14.6 Å². The van der Waals surface area contributed by atoms with Crippen molar-refractivity contribution in [3.05, 3.63) is 52.3 Å². The van der Waals surface area contributed by atoms with Gasteiger partial charge in [0.05, 0.1) is 18.1 Å². The van der Waals surface area contributed by atoms with Crippen molar-refractivity contribution in [2.24, 2.45) is 0 Å². The highest BCUT2D eigenvalue weighted by molar-refractivity contribution is 7.17. The van der Waals surface area contributed by atoms with E-state index in [0.29, 0.717) is 29.1 Å². The van der Waals surface area contributed by atoms with Crippen LogP contribution in [0.1, 0.15) is 23.4 Å². The van der Waals surface area contributed by atoms with Gasteiger partial charge in [-0.2, -0.15) is 0 Å². The van der Waals surface area contributed by atoms with E-state index < -0.39 is 0 Å². The smallest absolute Gasteiger partial charge is 0.289 e. The van der Waals surface area contributed by atoms with Crippen molar-refractivity contribution in [3.8, 4) is 0 Å². The summed E-state index contributed by atoms with van der Waals surface area (Å²) in [4.78, 5) is 43.0. The van der Waals surface area contributed by atoms with Gasteiger partial charge in [-0.1, -0.05) is 0 Å². The van der Waals surface area contributed by atoms with Crippen molar-refractivity contribution in [1.29, 1.82) is 0 Å². The first-order valence-electron chi connectivity index (χ1n) is 8.66. The molecule has 1 aliphatic heterocycles. The van der Waals surface area contributed by atoms with Crippen molar-refractivity contribution >= 4 is 33.4 Å². The SMILES string of the molecule is O=C(Cn1cnc2ccsc2c1=O)NC1CCCN(C(=O)c2ccco2)C1. The lowest BCUT2D eigenvalue weighted by molar-refractivity contribution is -0.122. The molecule has 1 unspecified atom stereocenters. The van der Waals surface area contributed by atoms with Gasteiger partial charge in [0.1, 0.15) is 11.2 Å². The number of hydrogen-bond donors (Lipinski definition) is 1. The van der Waals surface area contributed by atoms with E-state index in [0.717, 1.165) is 12.8 Å². The average Bonchev–Trinajstić information content (AvgIpc) is 3.35. The number of fused-ring (bicyclic) bond motifs is 1. The monoisotopic (exact) mass is 386 g/mol. The lowest BCUT2D eigenvalue weighted by Crippen LogP contribution is -2.50. The molecule has 3 aromatic heterocycles. The van der Waals surface area contributed by atoms with Gasteiger partial charge in [-0.25, -0.2) is 4.98 Å². The predicted molar refractivity (Wildman–Crippen MR) is 99.7 cm³/mol. The summed E-state index contributed by atoms with van der Waals surface area (Å²) in [6.07, 6.45) is 4.43. The Kier molecular flexibility index (Phi) is 4.76. The highest BCUT2D eigenvalue weighted by Gasteiger charge is 2.26. The van der Waals surface area contributed by atoms with Crippen LogP contribution in [0.2, 0.25) is 0 Å². The van der Waals surface area contributed by atoms with Gasteiger partial charge in [-0.05, 0) is 36.4 Å². The number of hydrogen-bond acceptors (Lipinski definition) is 6. The summed E-state index contributed by atoms with van der Waals surface area (Å²) < 4.78 is 7.01. The highest BCUT2D eigenvalue weighted by Crippen LogP contribution is 2.15. The third kappa shape index (κ3) is 3.63. The second-order valence-electron chi connectivity index (χ2n) is 6.45. The molecule has 0 bridgehead atoms. The van der Waals surface area contributed by atoms with Crippen LogP contribution in [0.25, 0.3) is 10.2 Å². The fraction of sp³-hybridized carbons (Fsp3) is 0.333. The molecule has 1 saturated heterocycles. The molecule has 1 fully saturated rings. The Morgan fingerprint density at radius 3 is 3.07 bits per heavy atom. The quantitative estimate of drug-likeness (QED) is 0.732. The first-order chi connectivity index (χ1) is 13.1. The predicted octanol–water partition coefficient (Wildman–Crippen LogP) is 1.47. The van der Waals surface area contributed by atoms with Gasteiger partial charge in [0, 0.05) is 19.1 Å². The number of thiophene rings is 1. The zero-order valence-corrected chi connectivity index (χ0v) is 15.3. The topological polar surface area (TPSA) is 97.4 Å². The number of aromatic nitrogens is 2. The van der Waals surface area contributed by atoms with Crippen LogP contribution >= 0.6 is 11.3 Å². The number of carbonyl (C=O) groups is 2. The molecule has 27 heavy (non-hydrogen) atoms. The first-order valence-corrected chi connectivity index (χ1v) is 9.54. The summed E-state index contributed by atoms with van der Waals surface area (Å²) in [5.41, 5.74) is 0.421. The summed E-state index contributed by atoms with van der Waals surface area (Å²) in [5, 5.41) is 4.72. The van der Waals surface area contributed by atoms with E-state index in [2.05, 4.69) is 10.3 Å². The van der Waals surface area contributed by atoms with Crippen LogP contribution in [0.15, 0.2) is 45.4 Å². The van der Waals surface area contributed by atoms with Gasteiger partial charge in [0.15, 0.2) is 5.76 Å². The number of nitrogens with zero attached hydrogens (tertiary/aromatic N) is 3. The Morgan fingerprint density at radius 1 is 1.37 bits per heavy atom. The largest absolute Gasteiger partial charge is 0.459 e. The molecule has 0 aromatic carbocycles. The van der Waals surface area contributed by atoms with Crippen molar-refractivity contribution in [1.82, 2.24) is 19.8 Å². The van der Waals surface area contributed by atoms with Crippen molar-refractivity contribution in [3.63, 3.8) is 0 Å². The minimum atomic E-state index is -0.271. The molecule has 9 heteroatoms. The van der Waals surface area contributed by atoms with Gasteiger partial charge >= 0.3 is 0 Å². The molecule has 4 rings (SSSR count). The number of rotatable bonds is 4. The van der Waals surface area contributed by atoms with E-state index in [1.54, 1.807) is 28.5 Å². The fourth-order valence-corrected chi connectivity index (χ4v) is 4.05. The second kappa shape index (κ2) is 7.36. The Bertz CT molecular complexity index is 1020. The molecule has 0 spiro atoms. The molecule has 2 amide bonds. The summed E-state index contributed by atoms with van der Waals surface area (Å²) in [6.45, 7) is 0.953. The van der Waals surface area contributed by atoms with E-state index in [4.69, 9.17) is 4.42 Å². The number of piperidine rings is 1. The molecular formula is C18H18N4O4S. The number of carbonyl (C=O) groups excluding carboxylic acids is 2. The van der Waals surface area contributed by atoms with E-state index in [1.807, 2.05) is 0 Å². The first kappa shape index (κ1) is 17.5. The van der Waals surface area contributed by atoms with Crippen molar-refractivity contribution in [2.75, 3.05) is 13.1 Å². The molecule has 4 heterocycles. The molecule has 1 atom stereocenters. The lowest BCUT2D eigenvalue weighted by atomic mass is 10.1. The third-order valence-corrected chi connectivity index (χ3v) is 5.45.